The van der Waals surface area contributed by atoms with Crippen LogP contribution in [0.15, 0.2) is 27.4 Å². The minimum atomic E-state index is -3.51. The summed E-state index contributed by atoms with van der Waals surface area (Å²) in [5.74, 6) is -1.20. The zero-order valence-corrected chi connectivity index (χ0v) is 20.8. The van der Waals surface area contributed by atoms with E-state index >= 15 is 0 Å². The molecule has 0 aliphatic rings. The van der Waals surface area contributed by atoms with Crippen LogP contribution in [0.2, 0.25) is 0 Å². The van der Waals surface area contributed by atoms with Gasteiger partial charge in [0.25, 0.3) is 0 Å². The smallest absolute Gasteiger partial charge is 0.343 e. The summed E-state index contributed by atoms with van der Waals surface area (Å²) in [6.45, 7) is 1.37. The molecule has 0 saturated carbocycles. The number of ether oxygens (including phenoxy) is 3. The third-order valence-corrected chi connectivity index (χ3v) is 7.01. The van der Waals surface area contributed by atoms with Crippen LogP contribution in [0.25, 0.3) is 0 Å². The first kappa shape index (κ1) is 27.0. The molecule has 11 nitrogen and oxygen atoms in total. The van der Waals surface area contributed by atoms with E-state index < -0.39 is 27.5 Å². The lowest BCUT2D eigenvalue weighted by molar-refractivity contribution is -0.121. The standard InChI is InChI=1S/C22H30N2O9S/c1-13-11-16(25)19(22(27)33-13)15(12-18(26)23-9-10-34(28,29)24(2)3)14-7-8-17(30-4)21(32-6)20(14)31-5/h7-8,11,15,25H,9-10,12H2,1-6H3,(H,23,26)/t15-/m0/s1. The molecular weight excluding hydrogens is 468 g/mol. The Hall–Kier alpha value is -3.25. The highest BCUT2D eigenvalue weighted by atomic mass is 32.2. The summed E-state index contributed by atoms with van der Waals surface area (Å²) in [5.41, 5.74) is -0.600. The molecule has 0 aliphatic heterocycles. The van der Waals surface area contributed by atoms with Crippen molar-refractivity contribution in [1.29, 1.82) is 0 Å². The van der Waals surface area contributed by atoms with Crippen LogP contribution >= 0.6 is 0 Å². The van der Waals surface area contributed by atoms with E-state index in [2.05, 4.69) is 5.32 Å². The van der Waals surface area contributed by atoms with Gasteiger partial charge in [0.05, 0.1) is 32.6 Å². The zero-order valence-electron chi connectivity index (χ0n) is 20.0. The minimum absolute atomic E-state index is 0.135. The van der Waals surface area contributed by atoms with Gasteiger partial charge >= 0.3 is 5.63 Å². The number of hydrogen-bond acceptors (Lipinski definition) is 9. The molecule has 0 saturated heterocycles. The molecule has 1 aromatic carbocycles. The van der Waals surface area contributed by atoms with E-state index in [0.29, 0.717) is 11.3 Å². The van der Waals surface area contributed by atoms with Gasteiger partial charge in [-0.15, -0.1) is 0 Å². The number of nitrogens with zero attached hydrogens (tertiary/aromatic N) is 1. The van der Waals surface area contributed by atoms with E-state index in [1.54, 1.807) is 12.1 Å². The molecule has 2 aromatic rings. The number of amides is 1. The summed E-state index contributed by atoms with van der Waals surface area (Å²) in [7, 11) is 3.54. The molecule has 0 aliphatic carbocycles. The molecule has 2 N–H and O–H groups in total. The molecule has 1 atom stereocenters. The molecule has 0 bridgehead atoms. The molecule has 1 aromatic heterocycles. The number of rotatable bonds is 11. The number of hydrogen-bond donors (Lipinski definition) is 2. The van der Waals surface area contributed by atoms with E-state index in [0.717, 1.165) is 4.31 Å². The number of sulfonamides is 1. The molecule has 1 amide bonds. The van der Waals surface area contributed by atoms with Gasteiger partial charge in [0, 0.05) is 44.6 Å². The largest absolute Gasteiger partial charge is 0.507 e. The number of benzene rings is 1. The number of carbonyl (C=O) groups is 1. The first-order chi connectivity index (χ1) is 16.0. The first-order valence-electron chi connectivity index (χ1n) is 10.3. The maximum Gasteiger partial charge on any atom is 0.343 e. The SMILES string of the molecule is COc1ccc([C@H](CC(=O)NCCS(=O)(=O)N(C)C)c2c(O)cc(C)oc2=O)c(OC)c1OC. The Morgan fingerprint density at radius 1 is 1.15 bits per heavy atom. The molecule has 1 heterocycles. The van der Waals surface area contributed by atoms with E-state index in [1.807, 2.05) is 0 Å². The van der Waals surface area contributed by atoms with Crippen LogP contribution in [0.5, 0.6) is 23.0 Å². The molecule has 0 radical (unpaired) electrons. The highest BCUT2D eigenvalue weighted by Crippen LogP contribution is 2.45. The van der Waals surface area contributed by atoms with Crippen molar-refractivity contribution in [1.82, 2.24) is 9.62 Å². The Labute approximate surface area is 198 Å². The Kier molecular flexibility index (Phi) is 8.93. The van der Waals surface area contributed by atoms with Gasteiger partial charge in [-0.05, 0) is 13.0 Å². The van der Waals surface area contributed by atoms with Crippen LogP contribution < -0.4 is 25.2 Å². The maximum absolute atomic E-state index is 12.8. The third-order valence-electron chi connectivity index (χ3n) is 5.18. The summed E-state index contributed by atoms with van der Waals surface area (Å²) in [4.78, 5) is 25.5. The van der Waals surface area contributed by atoms with Crippen LogP contribution in [0.4, 0.5) is 0 Å². The maximum atomic E-state index is 12.8. The van der Waals surface area contributed by atoms with Gasteiger partial charge in [0.15, 0.2) is 11.5 Å². The summed E-state index contributed by atoms with van der Waals surface area (Å²) in [6, 6.07) is 4.45. The summed E-state index contributed by atoms with van der Waals surface area (Å²) in [6.07, 6.45) is -0.310. The second-order valence-electron chi connectivity index (χ2n) is 7.57. The van der Waals surface area contributed by atoms with E-state index in [-0.39, 0.29) is 47.3 Å². The quantitative estimate of drug-likeness (QED) is 0.467. The van der Waals surface area contributed by atoms with Crippen LogP contribution in [0, 0.1) is 6.92 Å². The molecular formula is C22H30N2O9S. The molecule has 12 heteroatoms. The fourth-order valence-corrected chi connectivity index (χ4v) is 4.18. The highest BCUT2D eigenvalue weighted by Gasteiger charge is 2.30. The van der Waals surface area contributed by atoms with Crippen LogP contribution in [0.1, 0.15) is 29.2 Å². The van der Waals surface area contributed by atoms with Crippen LogP contribution in [-0.2, 0) is 14.8 Å². The van der Waals surface area contributed by atoms with Gasteiger partial charge in [0.1, 0.15) is 11.5 Å². The fourth-order valence-electron chi connectivity index (χ4n) is 3.45. The van der Waals surface area contributed by atoms with Gasteiger partial charge in [-0.3, -0.25) is 4.79 Å². The van der Waals surface area contributed by atoms with E-state index in [1.165, 1.54) is 48.4 Å². The van der Waals surface area contributed by atoms with Crippen molar-refractivity contribution in [3.8, 4) is 23.0 Å². The second-order valence-corrected chi connectivity index (χ2v) is 9.87. The van der Waals surface area contributed by atoms with Gasteiger partial charge in [-0.1, -0.05) is 6.07 Å². The van der Waals surface area contributed by atoms with Gasteiger partial charge in [-0.25, -0.2) is 17.5 Å². The second kappa shape index (κ2) is 11.3. The molecule has 0 spiro atoms. The fraction of sp³-hybridized carbons (Fsp3) is 0.455. The Bertz CT molecular complexity index is 1190. The van der Waals surface area contributed by atoms with E-state index in [4.69, 9.17) is 18.6 Å². The van der Waals surface area contributed by atoms with Crippen molar-refractivity contribution >= 4 is 15.9 Å². The van der Waals surface area contributed by atoms with Crippen molar-refractivity contribution in [3.05, 3.63) is 45.5 Å². The van der Waals surface area contributed by atoms with Crippen molar-refractivity contribution < 1.29 is 36.9 Å². The Morgan fingerprint density at radius 3 is 2.32 bits per heavy atom. The zero-order chi connectivity index (χ0) is 25.6. The predicted octanol–water partition coefficient (Wildman–Crippen LogP) is 1.21. The number of methoxy groups -OCH3 is 3. The van der Waals surface area contributed by atoms with Crippen LogP contribution in [-0.4, -0.2) is 71.5 Å². The summed E-state index contributed by atoms with van der Waals surface area (Å²) in [5, 5.41) is 13.1. The molecule has 0 fully saturated rings. The third kappa shape index (κ3) is 6.00. The highest BCUT2D eigenvalue weighted by molar-refractivity contribution is 7.89. The number of carbonyl (C=O) groups excluding carboxylic acids is 1. The Morgan fingerprint density at radius 2 is 1.79 bits per heavy atom. The first-order valence-corrected chi connectivity index (χ1v) is 11.9. The predicted molar refractivity (Wildman–Crippen MR) is 124 cm³/mol. The normalized spacial score (nSPS) is 12.3. The average Bonchev–Trinajstić information content (AvgIpc) is 2.76. The number of aryl methyl sites for hydroxylation is 1. The van der Waals surface area contributed by atoms with Gasteiger partial charge in [-0.2, -0.15) is 0 Å². The van der Waals surface area contributed by atoms with Crippen molar-refractivity contribution in [2.24, 2.45) is 0 Å². The van der Waals surface area contributed by atoms with E-state index in [9.17, 15) is 23.1 Å². The summed E-state index contributed by atoms with van der Waals surface area (Å²) >= 11 is 0. The lowest BCUT2D eigenvalue weighted by Gasteiger charge is -2.22. The molecule has 2 rings (SSSR count). The minimum Gasteiger partial charge on any atom is -0.507 e. The number of nitrogens with one attached hydrogen (secondary N) is 1. The van der Waals surface area contributed by atoms with Gasteiger partial charge in [0.2, 0.25) is 21.7 Å². The van der Waals surface area contributed by atoms with Crippen molar-refractivity contribution in [2.75, 3.05) is 47.7 Å². The molecule has 188 valence electrons. The van der Waals surface area contributed by atoms with Gasteiger partial charge < -0.3 is 29.1 Å². The lowest BCUT2D eigenvalue weighted by Crippen LogP contribution is -2.34. The van der Waals surface area contributed by atoms with Crippen molar-refractivity contribution in [3.63, 3.8) is 0 Å². The number of aromatic hydroxyl groups is 1. The monoisotopic (exact) mass is 498 g/mol. The lowest BCUT2D eigenvalue weighted by atomic mass is 9.87. The molecule has 0 unspecified atom stereocenters. The van der Waals surface area contributed by atoms with Crippen molar-refractivity contribution in [2.45, 2.75) is 19.3 Å². The Balaban J connectivity index is 2.52. The average molecular weight is 499 g/mol. The topological polar surface area (TPSA) is 145 Å². The van der Waals surface area contributed by atoms with Crippen LogP contribution in [0.3, 0.4) is 0 Å². The summed E-state index contributed by atoms with van der Waals surface area (Å²) < 4.78 is 46.4. The molecule has 34 heavy (non-hydrogen) atoms.